The third-order valence-corrected chi connectivity index (χ3v) is 3.13. The van der Waals surface area contributed by atoms with Gasteiger partial charge >= 0.3 is 5.97 Å². The summed E-state index contributed by atoms with van der Waals surface area (Å²) in [6, 6.07) is 3.47. The van der Waals surface area contributed by atoms with Crippen molar-refractivity contribution >= 4 is 5.97 Å². The van der Waals surface area contributed by atoms with Crippen LogP contribution in [0.1, 0.15) is 22.7 Å². The molecule has 0 aliphatic carbocycles. The van der Waals surface area contributed by atoms with Crippen molar-refractivity contribution in [3.63, 3.8) is 0 Å². The number of ether oxygens (including phenoxy) is 1. The summed E-state index contributed by atoms with van der Waals surface area (Å²) >= 11 is 0. The Hall–Kier alpha value is -1.33. The molecular formula is C12H18N2O3. The summed E-state index contributed by atoms with van der Waals surface area (Å²) in [6.07, 6.45) is 1.14. The highest BCUT2D eigenvalue weighted by Crippen LogP contribution is 2.19. The molecule has 2 heterocycles. The van der Waals surface area contributed by atoms with Gasteiger partial charge in [-0.15, -0.1) is 0 Å². The van der Waals surface area contributed by atoms with Gasteiger partial charge in [-0.1, -0.05) is 0 Å². The molecule has 2 N–H and O–H groups in total. The first-order valence-corrected chi connectivity index (χ1v) is 5.82. The quantitative estimate of drug-likeness (QED) is 0.787. The highest BCUT2D eigenvalue weighted by molar-refractivity contribution is 5.86. The number of carbonyl (C=O) groups excluding carboxylic acids is 1. The van der Waals surface area contributed by atoms with E-state index in [0.717, 1.165) is 38.4 Å². The van der Waals surface area contributed by atoms with Gasteiger partial charge < -0.3 is 14.9 Å². The van der Waals surface area contributed by atoms with E-state index < -0.39 is 5.97 Å². The van der Waals surface area contributed by atoms with Crippen molar-refractivity contribution in [2.75, 3.05) is 26.7 Å². The molecule has 1 aromatic heterocycles. The molecule has 0 spiro atoms. The van der Waals surface area contributed by atoms with E-state index in [1.54, 1.807) is 6.07 Å². The molecule has 0 amide bonds. The molecule has 17 heavy (non-hydrogen) atoms. The van der Waals surface area contributed by atoms with Crippen molar-refractivity contribution in [3.8, 4) is 0 Å². The van der Waals surface area contributed by atoms with E-state index in [1.165, 1.54) is 7.11 Å². The monoisotopic (exact) mass is 238 g/mol. The Kier molecular flexibility index (Phi) is 3.81. The summed E-state index contributed by atoms with van der Waals surface area (Å²) in [4.78, 5) is 13.5. The van der Waals surface area contributed by atoms with Crippen LogP contribution in [0.3, 0.4) is 0 Å². The van der Waals surface area contributed by atoms with Crippen molar-refractivity contribution in [1.29, 1.82) is 0 Å². The van der Waals surface area contributed by atoms with Crippen LogP contribution in [-0.4, -0.2) is 37.6 Å². The van der Waals surface area contributed by atoms with E-state index in [4.69, 9.17) is 10.2 Å². The smallest absolute Gasteiger partial charge is 0.373 e. The van der Waals surface area contributed by atoms with Crippen LogP contribution in [-0.2, 0) is 11.3 Å². The van der Waals surface area contributed by atoms with E-state index in [2.05, 4.69) is 9.64 Å². The van der Waals surface area contributed by atoms with Gasteiger partial charge in [-0.2, -0.15) is 0 Å². The fraction of sp³-hybridized carbons (Fsp3) is 0.583. The van der Waals surface area contributed by atoms with Crippen molar-refractivity contribution < 1.29 is 13.9 Å². The predicted octanol–water partition coefficient (Wildman–Crippen LogP) is 0.847. The second kappa shape index (κ2) is 5.33. The molecule has 5 nitrogen and oxygen atoms in total. The van der Waals surface area contributed by atoms with Gasteiger partial charge in [0, 0.05) is 6.54 Å². The zero-order valence-electron chi connectivity index (χ0n) is 10.0. The van der Waals surface area contributed by atoms with Crippen molar-refractivity contribution in [1.82, 2.24) is 4.90 Å². The van der Waals surface area contributed by atoms with Gasteiger partial charge in [0.15, 0.2) is 0 Å². The number of furan rings is 1. The maximum absolute atomic E-state index is 11.2. The van der Waals surface area contributed by atoms with Crippen LogP contribution in [0.25, 0.3) is 0 Å². The molecule has 1 unspecified atom stereocenters. The van der Waals surface area contributed by atoms with Gasteiger partial charge in [0.1, 0.15) is 5.76 Å². The van der Waals surface area contributed by atoms with Crippen LogP contribution < -0.4 is 5.73 Å². The summed E-state index contributed by atoms with van der Waals surface area (Å²) < 4.78 is 10.0. The van der Waals surface area contributed by atoms with Crippen molar-refractivity contribution in [2.45, 2.75) is 13.0 Å². The first-order valence-electron chi connectivity index (χ1n) is 5.82. The second-order valence-corrected chi connectivity index (χ2v) is 4.38. The van der Waals surface area contributed by atoms with Gasteiger partial charge in [-0.05, 0) is 37.6 Å². The Morgan fingerprint density at radius 2 is 2.47 bits per heavy atom. The molecule has 0 bridgehead atoms. The van der Waals surface area contributed by atoms with Crippen LogP contribution in [0, 0.1) is 5.92 Å². The van der Waals surface area contributed by atoms with E-state index in [-0.39, 0.29) is 5.76 Å². The largest absolute Gasteiger partial charge is 0.463 e. The fourth-order valence-electron chi connectivity index (χ4n) is 2.14. The van der Waals surface area contributed by atoms with Crippen LogP contribution in [0.4, 0.5) is 0 Å². The molecule has 1 aliphatic heterocycles. The molecular weight excluding hydrogens is 220 g/mol. The first-order chi connectivity index (χ1) is 8.22. The van der Waals surface area contributed by atoms with Crippen LogP contribution in [0.5, 0.6) is 0 Å². The topological polar surface area (TPSA) is 68.7 Å². The van der Waals surface area contributed by atoms with Crippen LogP contribution in [0.15, 0.2) is 16.5 Å². The molecule has 0 radical (unpaired) electrons. The van der Waals surface area contributed by atoms with E-state index in [9.17, 15) is 4.79 Å². The highest BCUT2D eigenvalue weighted by atomic mass is 16.5. The van der Waals surface area contributed by atoms with Crippen molar-refractivity contribution in [2.24, 2.45) is 11.7 Å². The summed E-state index contributed by atoms with van der Waals surface area (Å²) in [6.45, 7) is 3.51. The zero-order chi connectivity index (χ0) is 12.3. The predicted molar refractivity (Wildman–Crippen MR) is 62.5 cm³/mol. The summed E-state index contributed by atoms with van der Waals surface area (Å²) in [5, 5.41) is 0. The minimum Gasteiger partial charge on any atom is -0.463 e. The maximum atomic E-state index is 11.2. The number of hydrogen-bond donors (Lipinski definition) is 1. The molecule has 94 valence electrons. The summed E-state index contributed by atoms with van der Waals surface area (Å²) in [5.74, 6) is 1.21. The molecule has 1 atom stereocenters. The minimum absolute atomic E-state index is 0.261. The number of methoxy groups -OCH3 is 1. The molecule has 0 saturated carbocycles. The molecule has 1 aromatic rings. The number of esters is 1. The fourth-order valence-corrected chi connectivity index (χ4v) is 2.14. The maximum Gasteiger partial charge on any atom is 0.373 e. The second-order valence-electron chi connectivity index (χ2n) is 4.38. The lowest BCUT2D eigenvalue weighted by Crippen LogP contribution is -2.22. The number of rotatable bonds is 4. The number of nitrogens with two attached hydrogens (primary N) is 1. The molecule has 1 aliphatic rings. The lowest BCUT2D eigenvalue weighted by molar-refractivity contribution is 0.0561. The molecule has 1 saturated heterocycles. The Labute approximate surface area is 101 Å². The van der Waals surface area contributed by atoms with Gasteiger partial charge in [0.2, 0.25) is 5.76 Å². The van der Waals surface area contributed by atoms with Crippen molar-refractivity contribution in [3.05, 3.63) is 23.7 Å². The van der Waals surface area contributed by atoms with Gasteiger partial charge in [-0.25, -0.2) is 4.79 Å². The zero-order valence-corrected chi connectivity index (χ0v) is 10.0. The number of carbonyl (C=O) groups is 1. The molecule has 1 fully saturated rings. The number of likely N-dealkylation sites (tertiary alicyclic amines) is 1. The Balaban J connectivity index is 1.91. The SMILES string of the molecule is COC(=O)c1ccc(CN2CCC(CN)C2)o1. The highest BCUT2D eigenvalue weighted by Gasteiger charge is 2.22. The lowest BCUT2D eigenvalue weighted by atomic mass is 10.1. The molecule has 0 aromatic carbocycles. The van der Waals surface area contributed by atoms with Gasteiger partial charge in [0.25, 0.3) is 0 Å². The summed E-state index contributed by atoms with van der Waals surface area (Å²) in [7, 11) is 1.34. The summed E-state index contributed by atoms with van der Waals surface area (Å²) in [5.41, 5.74) is 5.64. The Morgan fingerprint density at radius 3 is 3.12 bits per heavy atom. The number of hydrogen-bond acceptors (Lipinski definition) is 5. The minimum atomic E-state index is -0.433. The van der Waals surface area contributed by atoms with Gasteiger partial charge in [0.05, 0.1) is 13.7 Å². The van der Waals surface area contributed by atoms with E-state index in [1.807, 2.05) is 6.07 Å². The standard InChI is InChI=1S/C12H18N2O3/c1-16-12(15)11-3-2-10(17-11)8-14-5-4-9(6-13)7-14/h2-3,9H,4-8,13H2,1H3. The Morgan fingerprint density at radius 1 is 1.65 bits per heavy atom. The third kappa shape index (κ3) is 2.87. The normalized spacial score (nSPS) is 20.7. The third-order valence-electron chi connectivity index (χ3n) is 3.13. The van der Waals surface area contributed by atoms with Crippen LogP contribution in [0.2, 0.25) is 0 Å². The van der Waals surface area contributed by atoms with E-state index in [0.29, 0.717) is 5.92 Å². The molecule has 5 heteroatoms. The first kappa shape index (κ1) is 12.1. The lowest BCUT2D eigenvalue weighted by Gasteiger charge is -2.13. The molecule has 2 rings (SSSR count). The van der Waals surface area contributed by atoms with E-state index >= 15 is 0 Å². The van der Waals surface area contributed by atoms with Gasteiger partial charge in [-0.3, -0.25) is 4.90 Å². The Bertz CT molecular complexity index is 389. The average molecular weight is 238 g/mol. The number of nitrogens with zero attached hydrogens (tertiary/aromatic N) is 1. The average Bonchev–Trinajstić information content (AvgIpc) is 2.97. The van der Waals surface area contributed by atoms with Crippen LogP contribution >= 0.6 is 0 Å².